The van der Waals surface area contributed by atoms with Crippen molar-refractivity contribution in [2.45, 2.75) is 5.41 Å². The summed E-state index contributed by atoms with van der Waals surface area (Å²) in [4.78, 5) is 14.6. The Labute approximate surface area is 331 Å². The van der Waals surface area contributed by atoms with Gasteiger partial charge in [0.05, 0.1) is 28.4 Å². The summed E-state index contributed by atoms with van der Waals surface area (Å²) in [5.41, 5.74) is 19.1. The third-order valence-electron chi connectivity index (χ3n) is 11.7. The number of fused-ring (bicyclic) bond motifs is 12. The summed E-state index contributed by atoms with van der Waals surface area (Å²) in [6.45, 7) is 0. The van der Waals surface area contributed by atoms with Crippen LogP contribution in [0.25, 0.3) is 78.4 Å². The lowest BCUT2D eigenvalue weighted by Gasteiger charge is -2.35. The highest BCUT2D eigenvalue weighted by Crippen LogP contribution is 2.61. The number of hydrogen-bond donors (Lipinski definition) is 0. The lowest BCUT2D eigenvalue weighted by Crippen LogP contribution is -2.29. The molecule has 2 aromatic heterocycles. The van der Waals surface area contributed by atoms with E-state index in [4.69, 9.17) is 9.97 Å². The van der Waals surface area contributed by atoms with E-state index >= 15 is 0 Å². The molecule has 0 atom stereocenters. The van der Waals surface area contributed by atoms with Crippen LogP contribution in [0.3, 0.4) is 0 Å². The van der Waals surface area contributed by atoms with E-state index in [1.807, 2.05) is 48.8 Å². The fourth-order valence-electron chi connectivity index (χ4n) is 9.15. The number of nitriles is 1. The Morgan fingerprint density at radius 3 is 1.39 bits per heavy atom. The van der Waals surface area contributed by atoms with Gasteiger partial charge in [0.2, 0.25) is 0 Å². The maximum absolute atomic E-state index is 9.55. The molecule has 11 rings (SSSR count). The first kappa shape index (κ1) is 32.7. The summed E-state index contributed by atoms with van der Waals surface area (Å²) in [6, 6.07) is 66.9. The third-order valence-corrected chi connectivity index (χ3v) is 11.7. The van der Waals surface area contributed by atoms with Gasteiger partial charge in [-0.3, -0.25) is 4.98 Å². The van der Waals surface area contributed by atoms with Crippen LogP contribution < -0.4 is 0 Å². The molecule has 0 N–H and O–H groups in total. The zero-order valence-corrected chi connectivity index (χ0v) is 30.8. The molecule has 0 bridgehead atoms. The lowest BCUT2D eigenvalue weighted by molar-refractivity contribution is 0.775. The number of pyridine rings is 1. The van der Waals surface area contributed by atoms with Crippen LogP contribution in [0.1, 0.15) is 27.8 Å². The molecule has 9 aromatic rings. The van der Waals surface area contributed by atoms with E-state index in [1.165, 1.54) is 55.6 Å². The minimum absolute atomic E-state index is 0.593. The van der Waals surface area contributed by atoms with Crippen molar-refractivity contribution in [3.05, 3.63) is 222 Å². The molecule has 1 spiro atoms. The largest absolute Gasteiger partial charge is 0.265 e. The van der Waals surface area contributed by atoms with Crippen LogP contribution in [-0.4, -0.2) is 15.0 Å². The molecule has 0 amide bonds. The molecule has 0 fully saturated rings. The van der Waals surface area contributed by atoms with Crippen molar-refractivity contribution in [1.29, 1.82) is 5.26 Å². The summed E-state index contributed by atoms with van der Waals surface area (Å²) in [6.07, 6.45) is 3.63. The van der Waals surface area contributed by atoms with Gasteiger partial charge in [-0.25, -0.2) is 9.97 Å². The predicted octanol–water partition coefficient (Wildman–Crippen LogP) is 12.4. The molecule has 4 heteroatoms. The maximum atomic E-state index is 9.55. The highest BCUT2D eigenvalue weighted by atomic mass is 14.9. The van der Waals surface area contributed by atoms with Crippen molar-refractivity contribution in [2.75, 3.05) is 0 Å². The Kier molecular flexibility index (Phi) is 7.42. The fraction of sp³-hybridized carbons (Fsp3) is 0.0189. The van der Waals surface area contributed by atoms with Crippen molar-refractivity contribution in [3.63, 3.8) is 0 Å². The topological polar surface area (TPSA) is 62.5 Å². The first-order chi connectivity index (χ1) is 28.2. The molecule has 2 heterocycles. The van der Waals surface area contributed by atoms with Crippen LogP contribution in [0.5, 0.6) is 0 Å². The minimum atomic E-state index is -0.594. The van der Waals surface area contributed by atoms with Crippen LogP contribution in [-0.2, 0) is 5.41 Å². The number of nitrogens with zero attached hydrogens (tertiary/aromatic N) is 4. The smallest absolute Gasteiger partial charge is 0.160 e. The lowest BCUT2D eigenvalue weighted by atomic mass is 9.65. The quantitative estimate of drug-likeness (QED) is 0.181. The van der Waals surface area contributed by atoms with Gasteiger partial charge in [0, 0.05) is 29.1 Å². The first-order valence-corrected chi connectivity index (χ1v) is 19.1. The van der Waals surface area contributed by atoms with Gasteiger partial charge in [0.25, 0.3) is 0 Å². The van der Waals surface area contributed by atoms with Crippen LogP contribution in [0.15, 0.2) is 194 Å². The van der Waals surface area contributed by atoms with Crippen LogP contribution in [0.4, 0.5) is 0 Å². The summed E-state index contributed by atoms with van der Waals surface area (Å²) in [5, 5.41) is 9.55. The van der Waals surface area contributed by atoms with Gasteiger partial charge in [0.15, 0.2) is 5.82 Å². The highest BCUT2D eigenvalue weighted by molar-refractivity contribution is 5.98. The second-order valence-corrected chi connectivity index (χ2v) is 14.7. The molecule has 0 saturated carbocycles. The molecule has 0 radical (unpaired) electrons. The molecule has 57 heavy (non-hydrogen) atoms. The van der Waals surface area contributed by atoms with E-state index in [-0.39, 0.29) is 0 Å². The highest BCUT2D eigenvalue weighted by Gasteiger charge is 2.49. The average Bonchev–Trinajstić information content (AvgIpc) is 3.54. The zero-order valence-electron chi connectivity index (χ0n) is 30.8. The Morgan fingerprint density at radius 1 is 0.368 bits per heavy atom. The predicted molar refractivity (Wildman–Crippen MR) is 228 cm³/mol. The van der Waals surface area contributed by atoms with Crippen molar-refractivity contribution in [2.24, 2.45) is 0 Å². The maximum Gasteiger partial charge on any atom is 0.160 e. The van der Waals surface area contributed by atoms with Gasteiger partial charge >= 0.3 is 0 Å². The molecular formula is C53H32N4. The molecule has 2 aliphatic carbocycles. The molecule has 264 valence electrons. The van der Waals surface area contributed by atoms with E-state index in [0.29, 0.717) is 11.4 Å². The summed E-state index contributed by atoms with van der Waals surface area (Å²) < 4.78 is 0. The standard InChI is InChI=1S/C53H32N4/c54-33-34-17-19-38(20-18-34)52-56-50(37-23-21-35(22-24-37)36-27-29-55-30-28-36)32-51(57-52)39-25-26-45-41-10-2-1-9-40(41)42-11-3-6-14-46(42)53(49(45)31-39)47-15-7-4-12-43(47)44-13-5-8-16-48(44)53/h1-32H. The molecule has 2 aliphatic rings. The number of hydrogen-bond acceptors (Lipinski definition) is 4. The summed E-state index contributed by atoms with van der Waals surface area (Å²) in [7, 11) is 0. The van der Waals surface area contributed by atoms with E-state index in [0.717, 1.165) is 39.2 Å². The van der Waals surface area contributed by atoms with Crippen molar-refractivity contribution in [1.82, 2.24) is 15.0 Å². The number of aromatic nitrogens is 3. The van der Waals surface area contributed by atoms with Crippen molar-refractivity contribution < 1.29 is 0 Å². The van der Waals surface area contributed by atoms with E-state index in [9.17, 15) is 5.26 Å². The normalized spacial score (nSPS) is 12.7. The van der Waals surface area contributed by atoms with E-state index in [2.05, 4.69) is 157 Å². The number of benzene rings is 7. The summed E-state index contributed by atoms with van der Waals surface area (Å²) >= 11 is 0. The SMILES string of the molecule is N#Cc1ccc(-c2nc(-c3ccc(-c4ccncc4)cc3)cc(-c3ccc4c(c3)C3(c5ccccc5-c5ccccc5-4)c4ccccc4-c4ccccc43)n2)cc1. The monoisotopic (exact) mass is 724 g/mol. The Hall–Kier alpha value is -7.74. The van der Waals surface area contributed by atoms with Crippen molar-refractivity contribution >= 4 is 0 Å². The molecule has 0 saturated heterocycles. The average molecular weight is 725 g/mol. The Bertz CT molecular complexity index is 3020. The molecule has 7 aromatic carbocycles. The van der Waals surface area contributed by atoms with Crippen LogP contribution in [0.2, 0.25) is 0 Å². The molecule has 4 nitrogen and oxygen atoms in total. The zero-order chi connectivity index (χ0) is 37.9. The summed E-state index contributed by atoms with van der Waals surface area (Å²) in [5.74, 6) is 0.599. The van der Waals surface area contributed by atoms with Crippen molar-refractivity contribution in [3.8, 4) is 84.5 Å². The third kappa shape index (κ3) is 5.03. The van der Waals surface area contributed by atoms with Gasteiger partial charge in [-0.15, -0.1) is 0 Å². The van der Waals surface area contributed by atoms with Gasteiger partial charge in [-0.1, -0.05) is 133 Å². The number of rotatable bonds is 4. The second kappa shape index (κ2) is 12.9. The Balaban J connectivity index is 1.18. The van der Waals surface area contributed by atoms with E-state index in [1.54, 1.807) is 0 Å². The van der Waals surface area contributed by atoms with Gasteiger partial charge in [0.1, 0.15) is 0 Å². The minimum Gasteiger partial charge on any atom is -0.265 e. The van der Waals surface area contributed by atoms with E-state index < -0.39 is 5.41 Å². The van der Waals surface area contributed by atoms with Gasteiger partial charge in [-0.2, -0.15) is 5.26 Å². The first-order valence-electron chi connectivity index (χ1n) is 19.1. The molecule has 0 aliphatic heterocycles. The van der Waals surface area contributed by atoms with Crippen LogP contribution in [0, 0.1) is 11.3 Å². The molecular weight excluding hydrogens is 693 g/mol. The second-order valence-electron chi connectivity index (χ2n) is 14.7. The van der Waals surface area contributed by atoms with Gasteiger partial charge < -0.3 is 0 Å². The Morgan fingerprint density at radius 2 is 0.807 bits per heavy atom. The molecule has 0 unspecified atom stereocenters. The fourth-order valence-corrected chi connectivity index (χ4v) is 9.15. The van der Waals surface area contributed by atoms with Gasteiger partial charge in [-0.05, 0) is 115 Å². The van der Waals surface area contributed by atoms with Crippen LogP contribution >= 0.6 is 0 Å².